The first kappa shape index (κ1) is 13.1. The van der Waals surface area contributed by atoms with Crippen LogP contribution in [0.3, 0.4) is 0 Å². The first-order chi connectivity index (χ1) is 8.24. The lowest BCUT2D eigenvalue weighted by Gasteiger charge is -2.24. The molecule has 17 heavy (non-hydrogen) atoms. The first-order valence-corrected chi connectivity index (χ1v) is 7.42. The highest BCUT2D eigenvalue weighted by molar-refractivity contribution is 7.11. The second kappa shape index (κ2) is 6.53. The van der Waals surface area contributed by atoms with Gasteiger partial charge in [0, 0.05) is 28.9 Å². The average molecular weight is 253 g/mol. The molecule has 96 valence electrons. The van der Waals surface area contributed by atoms with Crippen molar-refractivity contribution in [3.05, 3.63) is 21.9 Å². The van der Waals surface area contributed by atoms with Gasteiger partial charge in [0.05, 0.1) is 6.61 Å². The molecule has 0 spiro atoms. The molecule has 0 aromatic carbocycles. The zero-order valence-electron chi connectivity index (χ0n) is 10.9. The van der Waals surface area contributed by atoms with Gasteiger partial charge in [-0.1, -0.05) is 0 Å². The van der Waals surface area contributed by atoms with Gasteiger partial charge in [-0.3, -0.25) is 0 Å². The van der Waals surface area contributed by atoms with E-state index in [1.54, 1.807) is 0 Å². The topological polar surface area (TPSA) is 21.3 Å². The molecule has 0 saturated carbocycles. The van der Waals surface area contributed by atoms with Crippen molar-refractivity contribution in [3.8, 4) is 0 Å². The molecule has 0 bridgehead atoms. The van der Waals surface area contributed by atoms with Crippen molar-refractivity contribution in [1.82, 2.24) is 5.32 Å². The highest BCUT2D eigenvalue weighted by atomic mass is 32.1. The fraction of sp³-hybridized carbons (Fsp3) is 0.714. The van der Waals surface area contributed by atoms with Crippen LogP contribution in [0.5, 0.6) is 0 Å². The van der Waals surface area contributed by atoms with Crippen LogP contribution in [-0.2, 0) is 11.2 Å². The van der Waals surface area contributed by atoms with Gasteiger partial charge in [0.15, 0.2) is 0 Å². The Hall–Kier alpha value is -0.380. The van der Waals surface area contributed by atoms with Crippen LogP contribution in [0.25, 0.3) is 0 Å². The van der Waals surface area contributed by atoms with Crippen molar-refractivity contribution in [1.29, 1.82) is 0 Å². The van der Waals surface area contributed by atoms with Crippen LogP contribution in [-0.4, -0.2) is 25.8 Å². The summed E-state index contributed by atoms with van der Waals surface area (Å²) in [6.07, 6.45) is 3.69. The van der Waals surface area contributed by atoms with Crippen LogP contribution < -0.4 is 5.32 Å². The summed E-state index contributed by atoms with van der Waals surface area (Å²) >= 11 is 1.91. The highest BCUT2D eigenvalue weighted by Crippen LogP contribution is 2.17. The molecular weight excluding hydrogens is 230 g/mol. The van der Waals surface area contributed by atoms with Gasteiger partial charge < -0.3 is 10.1 Å². The van der Waals surface area contributed by atoms with Gasteiger partial charge in [-0.15, -0.1) is 11.3 Å². The van der Waals surface area contributed by atoms with E-state index in [-0.39, 0.29) is 0 Å². The second-order valence-corrected chi connectivity index (χ2v) is 6.48. The molecule has 1 aromatic rings. The van der Waals surface area contributed by atoms with E-state index in [2.05, 4.69) is 31.3 Å². The number of hydrogen-bond acceptors (Lipinski definition) is 3. The normalized spacial score (nSPS) is 22.6. The minimum absolute atomic E-state index is 0.565. The standard InChI is InChI=1S/C14H23NOS/c1-11(8-14-6-5-12(2)17-14)15-9-13-4-3-7-16-10-13/h5-6,11,13,15H,3-4,7-10H2,1-2H3. The summed E-state index contributed by atoms with van der Waals surface area (Å²) in [5.41, 5.74) is 0. The van der Waals surface area contributed by atoms with Gasteiger partial charge in [0.2, 0.25) is 0 Å². The Morgan fingerprint density at radius 3 is 3.06 bits per heavy atom. The number of ether oxygens (including phenoxy) is 1. The lowest BCUT2D eigenvalue weighted by molar-refractivity contribution is 0.0540. The van der Waals surface area contributed by atoms with Gasteiger partial charge in [-0.25, -0.2) is 0 Å². The van der Waals surface area contributed by atoms with Gasteiger partial charge in [0.25, 0.3) is 0 Å². The third-order valence-corrected chi connectivity index (χ3v) is 4.34. The monoisotopic (exact) mass is 253 g/mol. The first-order valence-electron chi connectivity index (χ1n) is 6.60. The molecule has 0 amide bonds. The summed E-state index contributed by atoms with van der Waals surface area (Å²) in [7, 11) is 0. The predicted octanol–water partition coefficient (Wildman–Crippen LogP) is 3.00. The van der Waals surface area contributed by atoms with E-state index >= 15 is 0 Å². The van der Waals surface area contributed by atoms with Crippen LogP contribution in [0.2, 0.25) is 0 Å². The maximum absolute atomic E-state index is 5.50. The SMILES string of the molecule is Cc1ccc(CC(C)NCC2CCCOC2)s1. The molecular formula is C14H23NOS. The number of hydrogen-bond donors (Lipinski definition) is 1. The van der Waals surface area contributed by atoms with Crippen LogP contribution in [0.15, 0.2) is 12.1 Å². The molecule has 1 aromatic heterocycles. The van der Waals surface area contributed by atoms with Gasteiger partial charge in [0.1, 0.15) is 0 Å². The van der Waals surface area contributed by atoms with Crippen molar-refractivity contribution in [2.24, 2.45) is 5.92 Å². The Kier molecular flexibility index (Phi) is 5.01. The third-order valence-electron chi connectivity index (χ3n) is 3.31. The van der Waals surface area contributed by atoms with Crippen molar-refractivity contribution in [2.45, 2.75) is 39.2 Å². The number of rotatable bonds is 5. The summed E-state index contributed by atoms with van der Waals surface area (Å²) in [4.78, 5) is 2.90. The fourth-order valence-corrected chi connectivity index (χ4v) is 3.32. The van der Waals surface area contributed by atoms with Crippen LogP contribution in [0.4, 0.5) is 0 Å². The van der Waals surface area contributed by atoms with Crippen molar-refractivity contribution in [3.63, 3.8) is 0 Å². The smallest absolute Gasteiger partial charge is 0.0506 e. The molecule has 2 unspecified atom stereocenters. The molecule has 1 aliphatic heterocycles. The highest BCUT2D eigenvalue weighted by Gasteiger charge is 2.14. The Balaban J connectivity index is 1.68. The Bertz CT molecular complexity index is 331. The number of nitrogens with one attached hydrogen (secondary N) is 1. The summed E-state index contributed by atoms with van der Waals surface area (Å²) in [6.45, 7) is 7.45. The third kappa shape index (κ3) is 4.41. The Morgan fingerprint density at radius 2 is 2.41 bits per heavy atom. The molecule has 2 atom stereocenters. The number of thiophene rings is 1. The predicted molar refractivity (Wildman–Crippen MR) is 73.8 cm³/mol. The average Bonchev–Trinajstić information content (AvgIpc) is 2.73. The van der Waals surface area contributed by atoms with E-state index < -0.39 is 0 Å². The number of aryl methyl sites for hydroxylation is 1. The molecule has 2 nitrogen and oxygen atoms in total. The molecule has 0 aliphatic carbocycles. The minimum atomic E-state index is 0.565. The van der Waals surface area contributed by atoms with Gasteiger partial charge in [-0.2, -0.15) is 0 Å². The van der Waals surface area contributed by atoms with E-state index in [9.17, 15) is 0 Å². The van der Waals surface area contributed by atoms with E-state index in [1.807, 2.05) is 11.3 Å². The maximum atomic E-state index is 5.50. The van der Waals surface area contributed by atoms with E-state index in [1.165, 1.54) is 22.6 Å². The molecule has 2 rings (SSSR count). The lowest BCUT2D eigenvalue weighted by atomic mass is 10.0. The van der Waals surface area contributed by atoms with E-state index in [0.717, 1.165) is 32.1 Å². The zero-order valence-corrected chi connectivity index (χ0v) is 11.7. The van der Waals surface area contributed by atoms with Crippen molar-refractivity contribution >= 4 is 11.3 Å². The maximum Gasteiger partial charge on any atom is 0.0506 e. The zero-order chi connectivity index (χ0) is 12.1. The Morgan fingerprint density at radius 1 is 1.53 bits per heavy atom. The van der Waals surface area contributed by atoms with Crippen LogP contribution >= 0.6 is 11.3 Å². The molecule has 1 aliphatic rings. The van der Waals surface area contributed by atoms with Crippen molar-refractivity contribution in [2.75, 3.05) is 19.8 Å². The summed E-state index contributed by atoms with van der Waals surface area (Å²) in [6, 6.07) is 5.03. The van der Waals surface area contributed by atoms with Gasteiger partial charge >= 0.3 is 0 Å². The molecule has 0 radical (unpaired) electrons. The van der Waals surface area contributed by atoms with E-state index in [4.69, 9.17) is 4.74 Å². The van der Waals surface area contributed by atoms with Crippen LogP contribution in [0, 0.1) is 12.8 Å². The largest absolute Gasteiger partial charge is 0.381 e. The molecule has 1 fully saturated rings. The van der Waals surface area contributed by atoms with Gasteiger partial charge in [-0.05, 0) is 51.2 Å². The summed E-state index contributed by atoms with van der Waals surface area (Å²) in [5.74, 6) is 0.719. The fourth-order valence-electron chi connectivity index (χ4n) is 2.31. The Labute approximate surface area is 108 Å². The minimum Gasteiger partial charge on any atom is -0.381 e. The summed E-state index contributed by atoms with van der Waals surface area (Å²) < 4.78 is 5.50. The lowest BCUT2D eigenvalue weighted by Crippen LogP contribution is -2.35. The molecule has 2 heterocycles. The van der Waals surface area contributed by atoms with Crippen molar-refractivity contribution < 1.29 is 4.74 Å². The molecule has 1 N–H and O–H groups in total. The van der Waals surface area contributed by atoms with Crippen LogP contribution in [0.1, 0.15) is 29.5 Å². The van der Waals surface area contributed by atoms with E-state index in [0.29, 0.717) is 6.04 Å². The quantitative estimate of drug-likeness (QED) is 0.871. The molecule has 1 saturated heterocycles. The molecule has 3 heteroatoms. The summed E-state index contributed by atoms with van der Waals surface area (Å²) in [5, 5.41) is 3.64. The second-order valence-electron chi connectivity index (χ2n) is 5.11.